The van der Waals surface area contributed by atoms with Gasteiger partial charge in [-0.1, -0.05) is 0 Å². The molecule has 0 aromatic heterocycles. The molecule has 2 rings (SSSR count). The number of aliphatic carboxylic acids is 1. The molecule has 3 N–H and O–H groups in total. The lowest BCUT2D eigenvalue weighted by Crippen LogP contribution is -2.27. The number of nitrogen functional groups attached to an aromatic ring is 1. The summed E-state index contributed by atoms with van der Waals surface area (Å²) in [6, 6.07) is 7.30. The number of nitrogens with two attached hydrogens (primary N) is 1. The smallest absolute Gasteiger partial charge is 0.306 e. The van der Waals surface area contributed by atoms with Crippen molar-refractivity contribution in [3.8, 4) is 5.75 Å². The molecule has 1 aromatic carbocycles. The maximum Gasteiger partial charge on any atom is 0.306 e. The van der Waals surface area contributed by atoms with Gasteiger partial charge in [0.25, 0.3) is 0 Å². The molecular weight excluding hydrogens is 218 g/mol. The number of carbonyl (C=O) groups is 1. The van der Waals surface area contributed by atoms with Crippen LogP contribution in [-0.4, -0.2) is 17.2 Å². The summed E-state index contributed by atoms with van der Waals surface area (Å²) in [4.78, 5) is 10.8. The van der Waals surface area contributed by atoms with Crippen molar-refractivity contribution in [2.45, 2.75) is 31.8 Å². The Morgan fingerprint density at radius 1 is 1.18 bits per heavy atom. The van der Waals surface area contributed by atoms with Crippen molar-refractivity contribution in [2.75, 3.05) is 5.73 Å². The summed E-state index contributed by atoms with van der Waals surface area (Å²) < 4.78 is 5.79. The van der Waals surface area contributed by atoms with Crippen LogP contribution in [0.5, 0.6) is 5.75 Å². The highest BCUT2D eigenvalue weighted by atomic mass is 16.5. The Hall–Kier alpha value is -1.71. The molecule has 17 heavy (non-hydrogen) atoms. The number of benzene rings is 1. The minimum Gasteiger partial charge on any atom is -0.490 e. The van der Waals surface area contributed by atoms with Crippen LogP contribution in [0.1, 0.15) is 25.7 Å². The molecule has 0 heterocycles. The molecular formula is C13H17NO3. The monoisotopic (exact) mass is 235 g/mol. The number of ether oxygens (including phenoxy) is 1. The largest absolute Gasteiger partial charge is 0.490 e. The van der Waals surface area contributed by atoms with E-state index in [1.807, 2.05) is 12.1 Å². The predicted molar refractivity (Wildman–Crippen MR) is 64.9 cm³/mol. The van der Waals surface area contributed by atoms with Crippen LogP contribution in [0.25, 0.3) is 0 Å². The highest BCUT2D eigenvalue weighted by Crippen LogP contribution is 2.28. The molecule has 1 aliphatic rings. The fraction of sp³-hybridized carbons (Fsp3) is 0.462. The zero-order chi connectivity index (χ0) is 12.3. The van der Waals surface area contributed by atoms with Crippen LogP contribution >= 0.6 is 0 Å². The highest BCUT2D eigenvalue weighted by Gasteiger charge is 2.26. The third-order valence-corrected chi connectivity index (χ3v) is 3.21. The molecule has 4 nitrogen and oxygen atoms in total. The second kappa shape index (κ2) is 5.08. The number of carboxylic acid groups (broad SMARTS) is 1. The van der Waals surface area contributed by atoms with Crippen LogP contribution in [0.4, 0.5) is 5.69 Å². The van der Waals surface area contributed by atoms with Crippen molar-refractivity contribution in [1.29, 1.82) is 0 Å². The van der Waals surface area contributed by atoms with Gasteiger partial charge in [0.2, 0.25) is 0 Å². The van der Waals surface area contributed by atoms with E-state index in [1.54, 1.807) is 12.1 Å². The number of hydrogen-bond acceptors (Lipinski definition) is 3. The quantitative estimate of drug-likeness (QED) is 0.788. The van der Waals surface area contributed by atoms with E-state index in [2.05, 4.69) is 0 Å². The molecule has 0 radical (unpaired) electrons. The zero-order valence-corrected chi connectivity index (χ0v) is 9.63. The van der Waals surface area contributed by atoms with Crippen LogP contribution in [0.2, 0.25) is 0 Å². The van der Waals surface area contributed by atoms with Gasteiger partial charge in [-0.2, -0.15) is 0 Å². The second-order valence-corrected chi connectivity index (χ2v) is 4.50. The van der Waals surface area contributed by atoms with Gasteiger partial charge in [0, 0.05) is 5.69 Å². The van der Waals surface area contributed by atoms with E-state index in [-0.39, 0.29) is 12.0 Å². The van der Waals surface area contributed by atoms with Crippen molar-refractivity contribution in [1.82, 2.24) is 0 Å². The first-order chi connectivity index (χ1) is 8.15. The fourth-order valence-corrected chi connectivity index (χ4v) is 2.17. The predicted octanol–water partition coefficient (Wildman–Crippen LogP) is 2.29. The molecule has 1 aliphatic carbocycles. The van der Waals surface area contributed by atoms with Crippen LogP contribution in [-0.2, 0) is 4.79 Å². The van der Waals surface area contributed by atoms with Gasteiger partial charge in [-0.05, 0) is 49.9 Å². The SMILES string of the molecule is Nc1ccc(OC2CCC(C(=O)O)CC2)cc1. The summed E-state index contributed by atoms with van der Waals surface area (Å²) in [7, 11) is 0. The second-order valence-electron chi connectivity index (χ2n) is 4.50. The Balaban J connectivity index is 1.85. The highest BCUT2D eigenvalue weighted by molar-refractivity contribution is 5.70. The van der Waals surface area contributed by atoms with Gasteiger partial charge in [0.1, 0.15) is 5.75 Å². The van der Waals surface area contributed by atoms with Crippen molar-refractivity contribution in [2.24, 2.45) is 5.92 Å². The summed E-state index contributed by atoms with van der Waals surface area (Å²) in [5, 5.41) is 8.89. The van der Waals surface area contributed by atoms with Gasteiger partial charge < -0.3 is 15.6 Å². The first kappa shape index (κ1) is 11.8. The Morgan fingerprint density at radius 3 is 2.29 bits per heavy atom. The number of anilines is 1. The van der Waals surface area contributed by atoms with Crippen molar-refractivity contribution in [3.05, 3.63) is 24.3 Å². The molecule has 4 heteroatoms. The fourth-order valence-electron chi connectivity index (χ4n) is 2.17. The average Bonchev–Trinajstić information content (AvgIpc) is 2.33. The molecule has 0 bridgehead atoms. The molecule has 0 spiro atoms. The molecule has 1 fully saturated rings. The minimum atomic E-state index is -0.684. The number of hydrogen-bond donors (Lipinski definition) is 2. The Bertz CT molecular complexity index is 380. The maximum atomic E-state index is 10.8. The molecule has 0 saturated heterocycles. The Labute approximate surface area is 100 Å². The molecule has 0 amide bonds. The van der Waals surface area contributed by atoms with Crippen LogP contribution in [0, 0.1) is 5.92 Å². The van der Waals surface area contributed by atoms with Crippen molar-refractivity contribution >= 4 is 11.7 Å². The van der Waals surface area contributed by atoms with E-state index in [4.69, 9.17) is 15.6 Å². The van der Waals surface area contributed by atoms with E-state index in [0.29, 0.717) is 18.5 Å². The van der Waals surface area contributed by atoms with Gasteiger partial charge in [-0.25, -0.2) is 0 Å². The summed E-state index contributed by atoms with van der Waals surface area (Å²) in [5.41, 5.74) is 6.31. The Kier molecular flexibility index (Phi) is 3.52. The molecule has 0 aliphatic heterocycles. The molecule has 1 saturated carbocycles. The maximum absolute atomic E-state index is 10.8. The number of rotatable bonds is 3. The topological polar surface area (TPSA) is 72.5 Å². The molecule has 0 atom stereocenters. The van der Waals surface area contributed by atoms with E-state index < -0.39 is 5.97 Å². The van der Waals surface area contributed by atoms with Gasteiger partial charge in [0.05, 0.1) is 12.0 Å². The third kappa shape index (κ3) is 3.12. The molecule has 1 aromatic rings. The van der Waals surface area contributed by atoms with Gasteiger partial charge in [-0.15, -0.1) is 0 Å². The normalized spacial score (nSPS) is 24.2. The van der Waals surface area contributed by atoms with Gasteiger partial charge in [0.15, 0.2) is 0 Å². The summed E-state index contributed by atoms with van der Waals surface area (Å²) in [6.07, 6.45) is 3.15. The summed E-state index contributed by atoms with van der Waals surface area (Å²) in [5.74, 6) is -0.0739. The van der Waals surface area contributed by atoms with Crippen LogP contribution in [0.15, 0.2) is 24.3 Å². The Morgan fingerprint density at radius 2 is 1.76 bits per heavy atom. The van der Waals surface area contributed by atoms with Gasteiger partial charge >= 0.3 is 5.97 Å². The van der Waals surface area contributed by atoms with Crippen molar-refractivity contribution < 1.29 is 14.6 Å². The van der Waals surface area contributed by atoms with Crippen LogP contribution < -0.4 is 10.5 Å². The van der Waals surface area contributed by atoms with E-state index in [9.17, 15) is 4.79 Å². The number of carboxylic acids is 1. The van der Waals surface area contributed by atoms with Gasteiger partial charge in [-0.3, -0.25) is 4.79 Å². The van der Waals surface area contributed by atoms with Crippen LogP contribution in [0.3, 0.4) is 0 Å². The van der Waals surface area contributed by atoms with E-state index in [1.165, 1.54) is 0 Å². The lowest BCUT2D eigenvalue weighted by molar-refractivity contribution is -0.143. The standard InChI is InChI=1S/C13H17NO3/c14-10-3-7-12(8-4-10)17-11-5-1-9(2-6-11)13(15)16/h3-4,7-9,11H,1-2,5-6,14H2,(H,15,16). The average molecular weight is 235 g/mol. The van der Waals surface area contributed by atoms with E-state index in [0.717, 1.165) is 18.6 Å². The summed E-state index contributed by atoms with van der Waals surface area (Å²) in [6.45, 7) is 0. The van der Waals surface area contributed by atoms with Crippen molar-refractivity contribution in [3.63, 3.8) is 0 Å². The zero-order valence-electron chi connectivity index (χ0n) is 9.63. The lowest BCUT2D eigenvalue weighted by atomic mass is 9.87. The minimum absolute atomic E-state index is 0.134. The lowest BCUT2D eigenvalue weighted by Gasteiger charge is -2.26. The van der Waals surface area contributed by atoms with E-state index >= 15 is 0 Å². The summed E-state index contributed by atoms with van der Waals surface area (Å²) >= 11 is 0. The molecule has 92 valence electrons. The first-order valence-electron chi connectivity index (χ1n) is 5.90. The third-order valence-electron chi connectivity index (χ3n) is 3.21. The molecule has 0 unspecified atom stereocenters. The first-order valence-corrected chi connectivity index (χ1v) is 5.90.